The molecule has 1 aromatic heterocycles. The van der Waals surface area contributed by atoms with E-state index in [0.717, 1.165) is 9.35 Å². The van der Waals surface area contributed by atoms with Gasteiger partial charge in [-0.1, -0.05) is 6.08 Å². The summed E-state index contributed by atoms with van der Waals surface area (Å²) in [5.74, 6) is -0.0678. The molecule has 1 heterocycles. The summed E-state index contributed by atoms with van der Waals surface area (Å²) in [6.45, 7) is 0. The number of hydrogen-bond acceptors (Lipinski definition) is 3. The largest absolute Gasteiger partial charge is 0.289 e. The first-order valence-corrected chi connectivity index (χ1v) is 6.83. The van der Waals surface area contributed by atoms with Crippen LogP contribution in [0.3, 0.4) is 0 Å². The number of hydrogen-bond donors (Lipinski definition) is 0. The molecule has 0 radical (unpaired) electrons. The zero-order valence-corrected chi connectivity index (χ0v) is 11.7. The van der Waals surface area contributed by atoms with Crippen molar-refractivity contribution in [3.8, 4) is 6.07 Å². The predicted molar refractivity (Wildman–Crippen MR) is 76.5 cm³/mol. The molecule has 0 saturated carbocycles. The Labute approximate surface area is 117 Å². The molecule has 0 spiro atoms. The molecule has 18 heavy (non-hydrogen) atoms. The van der Waals surface area contributed by atoms with Crippen LogP contribution >= 0.6 is 27.3 Å². The average molecular weight is 318 g/mol. The number of carbonyl (C=O) groups excluding carboxylic acids is 1. The van der Waals surface area contributed by atoms with Gasteiger partial charge in [0.2, 0.25) is 0 Å². The molecular formula is C14H8BrNOS. The Hall–Kier alpha value is -1.70. The maximum atomic E-state index is 11.8. The van der Waals surface area contributed by atoms with Gasteiger partial charge >= 0.3 is 0 Å². The van der Waals surface area contributed by atoms with E-state index in [4.69, 9.17) is 5.26 Å². The van der Waals surface area contributed by atoms with Gasteiger partial charge in [-0.3, -0.25) is 4.79 Å². The number of rotatable bonds is 3. The van der Waals surface area contributed by atoms with Crippen LogP contribution in [0.1, 0.15) is 21.5 Å². The fourth-order valence-corrected chi connectivity index (χ4v) is 2.53. The molecule has 4 heteroatoms. The summed E-state index contributed by atoms with van der Waals surface area (Å²) in [4.78, 5) is 11.8. The summed E-state index contributed by atoms with van der Waals surface area (Å²) in [5, 5.41) is 10.6. The lowest BCUT2D eigenvalue weighted by atomic mass is 10.1. The van der Waals surface area contributed by atoms with Gasteiger partial charge in [0.05, 0.1) is 15.4 Å². The molecule has 1 aromatic carbocycles. The lowest BCUT2D eigenvalue weighted by Crippen LogP contribution is -1.93. The van der Waals surface area contributed by atoms with E-state index in [2.05, 4.69) is 15.9 Å². The SMILES string of the molecule is N#Cc1ccc(C(=O)C=Cc2csc(Br)c2)cc1. The van der Waals surface area contributed by atoms with Gasteiger partial charge in [0.15, 0.2) is 5.78 Å². The minimum absolute atomic E-state index is 0.0678. The first-order valence-electron chi connectivity index (χ1n) is 5.15. The second-order valence-corrected chi connectivity index (χ2v) is 5.86. The number of ketones is 1. The van der Waals surface area contributed by atoms with Gasteiger partial charge in [-0.2, -0.15) is 5.26 Å². The van der Waals surface area contributed by atoms with Crippen molar-refractivity contribution >= 4 is 39.1 Å². The van der Waals surface area contributed by atoms with Crippen molar-refractivity contribution < 1.29 is 4.79 Å². The fourth-order valence-electron chi connectivity index (χ4n) is 1.39. The van der Waals surface area contributed by atoms with Crippen LogP contribution in [0.15, 0.2) is 45.6 Å². The standard InChI is InChI=1S/C14H8BrNOS/c15-14-7-11(9-18-14)3-6-13(17)12-4-1-10(8-16)2-5-12/h1-7,9H. The number of benzene rings is 1. The maximum absolute atomic E-state index is 11.8. The van der Waals surface area contributed by atoms with Crippen LogP contribution < -0.4 is 0 Å². The maximum Gasteiger partial charge on any atom is 0.185 e. The summed E-state index contributed by atoms with van der Waals surface area (Å²) in [6, 6.07) is 10.6. The van der Waals surface area contributed by atoms with Gasteiger partial charge in [-0.15, -0.1) is 11.3 Å². The number of nitriles is 1. The Morgan fingerprint density at radius 3 is 2.61 bits per heavy atom. The van der Waals surface area contributed by atoms with Crippen LogP contribution in [0.5, 0.6) is 0 Å². The molecule has 0 fully saturated rings. The van der Waals surface area contributed by atoms with E-state index < -0.39 is 0 Å². The number of carbonyl (C=O) groups is 1. The molecule has 88 valence electrons. The van der Waals surface area contributed by atoms with E-state index in [1.807, 2.05) is 17.5 Å². The minimum Gasteiger partial charge on any atom is -0.289 e. The molecule has 2 aromatic rings. The van der Waals surface area contributed by atoms with Crippen LogP contribution in [0.25, 0.3) is 6.08 Å². The van der Waals surface area contributed by atoms with Crippen molar-refractivity contribution in [2.75, 3.05) is 0 Å². The van der Waals surface area contributed by atoms with E-state index in [1.165, 1.54) is 6.08 Å². The monoisotopic (exact) mass is 317 g/mol. The fraction of sp³-hybridized carbons (Fsp3) is 0. The first kappa shape index (κ1) is 12.7. The Balaban J connectivity index is 2.12. The lowest BCUT2D eigenvalue weighted by Gasteiger charge is -1.95. The lowest BCUT2D eigenvalue weighted by molar-refractivity contribution is 0.104. The van der Waals surface area contributed by atoms with Crippen molar-refractivity contribution in [1.29, 1.82) is 5.26 Å². The van der Waals surface area contributed by atoms with Crippen LogP contribution in [-0.4, -0.2) is 5.78 Å². The molecule has 0 atom stereocenters. The summed E-state index contributed by atoms with van der Waals surface area (Å²) in [6.07, 6.45) is 3.32. The molecule has 0 aliphatic carbocycles. The Kier molecular flexibility index (Phi) is 4.08. The second-order valence-electron chi connectivity index (χ2n) is 3.57. The molecule has 0 N–H and O–H groups in total. The van der Waals surface area contributed by atoms with Gasteiger partial charge in [0.25, 0.3) is 0 Å². The minimum atomic E-state index is -0.0678. The average Bonchev–Trinajstić information content (AvgIpc) is 2.82. The third-order valence-corrected chi connectivity index (χ3v) is 3.84. The van der Waals surface area contributed by atoms with E-state index in [-0.39, 0.29) is 5.78 Å². The highest BCUT2D eigenvalue weighted by Gasteiger charge is 2.01. The van der Waals surface area contributed by atoms with Crippen molar-refractivity contribution in [1.82, 2.24) is 0 Å². The summed E-state index contributed by atoms with van der Waals surface area (Å²) >= 11 is 4.94. The van der Waals surface area contributed by atoms with Crippen LogP contribution in [0.4, 0.5) is 0 Å². The van der Waals surface area contributed by atoms with Crippen LogP contribution in [0, 0.1) is 11.3 Å². The molecule has 0 bridgehead atoms. The third-order valence-electron chi connectivity index (χ3n) is 2.31. The molecule has 0 saturated heterocycles. The Morgan fingerprint density at radius 2 is 2.06 bits per heavy atom. The molecule has 0 unspecified atom stereocenters. The molecular weight excluding hydrogens is 310 g/mol. The normalized spacial score (nSPS) is 10.4. The van der Waals surface area contributed by atoms with E-state index in [0.29, 0.717) is 11.1 Å². The molecule has 0 amide bonds. The zero-order chi connectivity index (χ0) is 13.0. The topological polar surface area (TPSA) is 40.9 Å². The highest BCUT2D eigenvalue weighted by Crippen LogP contribution is 2.21. The van der Waals surface area contributed by atoms with Crippen molar-refractivity contribution in [3.05, 3.63) is 62.3 Å². The van der Waals surface area contributed by atoms with Gasteiger partial charge in [-0.25, -0.2) is 0 Å². The molecule has 0 aliphatic rings. The first-order chi connectivity index (χ1) is 8.69. The number of halogens is 1. The van der Waals surface area contributed by atoms with Gasteiger partial charge in [0.1, 0.15) is 0 Å². The molecule has 0 aliphatic heterocycles. The highest BCUT2D eigenvalue weighted by atomic mass is 79.9. The Bertz CT molecular complexity index is 635. The second kappa shape index (κ2) is 5.76. The summed E-state index contributed by atoms with van der Waals surface area (Å²) in [5.41, 5.74) is 2.13. The summed E-state index contributed by atoms with van der Waals surface area (Å²) < 4.78 is 1.04. The van der Waals surface area contributed by atoms with Gasteiger partial charge < -0.3 is 0 Å². The van der Waals surface area contributed by atoms with Gasteiger partial charge in [-0.05, 0) is 63.3 Å². The van der Waals surface area contributed by atoms with E-state index >= 15 is 0 Å². The zero-order valence-electron chi connectivity index (χ0n) is 9.26. The molecule has 2 rings (SSSR count). The van der Waals surface area contributed by atoms with Crippen LogP contribution in [0.2, 0.25) is 0 Å². The quantitative estimate of drug-likeness (QED) is 0.626. The smallest absolute Gasteiger partial charge is 0.185 e. The van der Waals surface area contributed by atoms with Gasteiger partial charge in [0, 0.05) is 5.56 Å². The number of allylic oxidation sites excluding steroid dienone is 1. The predicted octanol–water partition coefficient (Wildman–Crippen LogP) is 4.28. The van der Waals surface area contributed by atoms with Crippen LogP contribution in [-0.2, 0) is 0 Å². The summed E-state index contributed by atoms with van der Waals surface area (Å²) in [7, 11) is 0. The number of nitrogens with zero attached hydrogens (tertiary/aromatic N) is 1. The van der Waals surface area contributed by atoms with Crippen molar-refractivity contribution in [3.63, 3.8) is 0 Å². The highest BCUT2D eigenvalue weighted by molar-refractivity contribution is 9.11. The molecule has 2 nitrogen and oxygen atoms in total. The van der Waals surface area contributed by atoms with E-state index in [1.54, 1.807) is 41.7 Å². The van der Waals surface area contributed by atoms with Crippen molar-refractivity contribution in [2.45, 2.75) is 0 Å². The van der Waals surface area contributed by atoms with E-state index in [9.17, 15) is 4.79 Å². The Morgan fingerprint density at radius 1 is 1.33 bits per heavy atom. The van der Waals surface area contributed by atoms with Crippen molar-refractivity contribution in [2.24, 2.45) is 0 Å². The number of thiophene rings is 1. The third kappa shape index (κ3) is 3.16.